The van der Waals surface area contributed by atoms with Crippen molar-refractivity contribution in [2.75, 3.05) is 19.8 Å². The molecule has 2 heterocycles. The van der Waals surface area contributed by atoms with Gasteiger partial charge in [-0.15, -0.1) is 0 Å². The molecular weight excluding hydrogens is 401 g/mol. The Morgan fingerprint density at radius 1 is 0.906 bits per heavy atom. The second kappa shape index (κ2) is 8.85. The summed E-state index contributed by atoms with van der Waals surface area (Å²) in [5, 5.41) is 17.0. The summed E-state index contributed by atoms with van der Waals surface area (Å²) >= 11 is 0. The minimum Gasteiger partial charge on any atom is -0.378 e. The molecule has 5 heteroatoms. The zero-order chi connectivity index (χ0) is 22.0. The fraction of sp³-hybridized carbons (Fsp3) is 0.296. The van der Waals surface area contributed by atoms with Crippen LogP contribution in [0.25, 0.3) is 16.6 Å². The van der Waals surface area contributed by atoms with Crippen LogP contribution >= 0.6 is 0 Å². The molecule has 32 heavy (non-hydrogen) atoms. The van der Waals surface area contributed by atoms with Crippen molar-refractivity contribution < 1.29 is 9.50 Å². The lowest BCUT2D eigenvalue weighted by molar-refractivity contribution is 0.0501. The lowest BCUT2D eigenvalue weighted by atomic mass is 9.84. The molecule has 0 aliphatic carbocycles. The van der Waals surface area contributed by atoms with Gasteiger partial charge in [-0.2, -0.15) is 5.10 Å². The Bertz CT molecular complexity index is 1200. The average Bonchev–Trinajstić information content (AvgIpc) is 3.28. The minimum atomic E-state index is -1.70. The number of fused-ring (bicyclic) bond motifs is 1. The van der Waals surface area contributed by atoms with Crippen LogP contribution in [0.5, 0.6) is 0 Å². The van der Waals surface area contributed by atoms with Crippen LogP contribution in [0.1, 0.15) is 36.0 Å². The van der Waals surface area contributed by atoms with Gasteiger partial charge in [-0.1, -0.05) is 55.0 Å². The van der Waals surface area contributed by atoms with Crippen molar-refractivity contribution in [1.29, 1.82) is 0 Å². The maximum Gasteiger partial charge on any atom is 0.143 e. The number of aromatic nitrogens is 2. The summed E-state index contributed by atoms with van der Waals surface area (Å²) in [4.78, 5) is 2.40. The third-order valence-corrected chi connectivity index (χ3v) is 6.55. The zero-order valence-electron chi connectivity index (χ0n) is 18.1. The van der Waals surface area contributed by atoms with Crippen LogP contribution in [-0.4, -0.2) is 39.6 Å². The van der Waals surface area contributed by atoms with Gasteiger partial charge in [-0.3, -0.25) is 4.90 Å². The molecule has 1 aliphatic rings. The Hall–Kier alpha value is -3.02. The highest BCUT2D eigenvalue weighted by Crippen LogP contribution is 2.35. The Kier molecular flexibility index (Phi) is 5.77. The largest absolute Gasteiger partial charge is 0.378 e. The fourth-order valence-corrected chi connectivity index (χ4v) is 4.79. The van der Waals surface area contributed by atoms with E-state index in [1.165, 1.54) is 19.3 Å². The summed E-state index contributed by atoms with van der Waals surface area (Å²) in [6.07, 6.45) is 5.42. The van der Waals surface area contributed by atoms with Crippen molar-refractivity contribution in [2.45, 2.75) is 31.4 Å². The molecule has 3 aromatic carbocycles. The number of para-hydroxylation sites is 1. The van der Waals surface area contributed by atoms with Crippen LogP contribution < -0.4 is 0 Å². The van der Waals surface area contributed by atoms with E-state index >= 15 is 0 Å². The molecule has 1 aliphatic heterocycles. The predicted molar refractivity (Wildman–Crippen MR) is 126 cm³/mol. The molecule has 5 rings (SSSR count). The molecule has 1 fully saturated rings. The number of alkyl halides is 1. The van der Waals surface area contributed by atoms with E-state index < -0.39 is 12.3 Å². The van der Waals surface area contributed by atoms with Crippen molar-refractivity contribution in [1.82, 2.24) is 14.7 Å². The second-order valence-electron chi connectivity index (χ2n) is 8.65. The number of piperidine rings is 1. The first kappa shape index (κ1) is 20.9. The van der Waals surface area contributed by atoms with Crippen molar-refractivity contribution in [3.8, 4) is 5.69 Å². The zero-order valence-corrected chi connectivity index (χ0v) is 18.1. The van der Waals surface area contributed by atoms with Gasteiger partial charge in [0.15, 0.2) is 0 Å². The molecule has 0 bridgehead atoms. The standard InChI is InChI=1S/C27H28FN3O/c28-20-27(32,25-12-6-5-9-21(25)19-30-15-7-2-8-16-30)23-13-14-26-22(17-23)18-29-31(26)24-10-3-1-4-11-24/h1,3-6,9-14,17-18,32H,2,7-8,15-16,19-20H2. The smallest absolute Gasteiger partial charge is 0.143 e. The lowest BCUT2D eigenvalue weighted by Gasteiger charge is -2.32. The highest BCUT2D eigenvalue weighted by atomic mass is 19.1. The number of hydrogen-bond acceptors (Lipinski definition) is 3. The molecule has 1 aromatic heterocycles. The lowest BCUT2D eigenvalue weighted by Crippen LogP contribution is -2.34. The Morgan fingerprint density at radius 3 is 2.44 bits per heavy atom. The predicted octanol–water partition coefficient (Wildman–Crippen LogP) is 5.22. The molecule has 1 saturated heterocycles. The van der Waals surface area contributed by atoms with E-state index in [2.05, 4.69) is 10.00 Å². The van der Waals surface area contributed by atoms with E-state index in [1.54, 1.807) is 6.20 Å². The van der Waals surface area contributed by atoms with Crippen LogP contribution in [0.15, 0.2) is 79.0 Å². The van der Waals surface area contributed by atoms with E-state index in [0.29, 0.717) is 11.1 Å². The third-order valence-electron chi connectivity index (χ3n) is 6.55. The quantitative estimate of drug-likeness (QED) is 0.457. The number of rotatable bonds is 6. The van der Waals surface area contributed by atoms with Crippen LogP contribution in [0.4, 0.5) is 4.39 Å². The summed E-state index contributed by atoms with van der Waals surface area (Å²) in [5.74, 6) is 0. The molecule has 1 N–H and O–H groups in total. The van der Waals surface area contributed by atoms with Gasteiger partial charge in [0.25, 0.3) is 0 Å². The van der Waals surface area contributed by atoms with E-state index in [9.17, 15) is 9.50 Å². The monoisotopic (exact) mass is 429 g/mol. The first-order valence-electron chi connectivity index (χ1n) is 11.3. The number of halogens is 1. The number of likely N-dealkylation sites (tertiary alicyclic amines) is 1. The number of benzene rings is 3. The van der Waals surface area contributed by atoms with Gasteiger partial charge in [-0.05, 0) is 66.9 Å². The highest BCUT2D eigenvalue weighted by molar-refractivity contribution is 5.81. The maximum absolute atomic E-state index is 14.6. The van der Waals surface area contributed by atoms with Gasteiger partial charge in [-0.25, -0.2) is 9.07 Å². The highest BCUT2D eigenvalue weighted by Gasteiger charge is 2.34. The Labute approximate surface area is 187 Å². The topological polar surface area (TPSA) is 41.3 Å². The third kappa shape index (κ3) is 3.83. The molecule has 164 valence electrons. The van der Waals surface area contributed by atoms with E-state index in [-0.39, 0.29) is 0 Å². The van der Waals surface area contributed by atoms with Crippen molar-refractivity contribution >= 4 is 10.9 Å². The van der Waals surface area contributed by atoms with Gasteiger partial charge in [0, 0.05) is 11.9 Å². The maximum atomic E-state index is 14.6. The fourth-order valence-electron chi connectivity index (χ4n) is 4.79. The number of hydrogen-bond donors (Lipinski definition) is 1. The van der Waals surface area contributed by atoms with Gasteiger partial charge in [0.2, 0.25) is 0 Å². The SMILES string of the molecule is OC(CF)(c1ccc2c(cnn2-c2ccccc2)c1)c1ccccc1CN1CCCCC1. The molecule has 0 spiro atoms. The average molecular weight is 430 g/mol. The van der Waals surface area contributed by atoms with Crippen molar-refractivity contribution in [3.63, 3.8) is 0 Å². The summed E-state index contributed by atoms with van der Waals surface area (Å²) in [6, 6.07) is 23.2. The molecular formula is C27H28FN3O. The van der Waals surface area contributed by atoms with Crippen LogP contribution in [0.2, 0.25) is 0 Å². The van der Waals surface area contributed by atoms with E-state index in [4.69, 9.17) is 0 Å². The Morgan fingerprint density at radius 2 is 1.66 bits per heavy atom. The van der Waals surface area contributed by atoms with Gasteiger partial charge in [0.05, 0.1) is 17.4 Å². The van der Waals surface area contributed by atoms with Crippen LogP contribution in [-0.2, 0) is 12.1 Å². The van der Waals surface area contributed by atoms with Crippen LogP contribution in [0, 0.1) is 0 Å². The first-order chi connectivity index (χ1) is 15.7. The first-order valence-corrected chi connectivity index (χ1v) is 11.3. The molecule has 0 saturated carbocycles. The van der Waals surface area contributed by atoms with Gasteiger partial charge in [0.1, 0.15) is 12.3 Å². The number of nitrogens with zero attached hydrogens (tertiary/aromatic N) is 3. The molecule has 1 unspecified atom stereocenters. The Balaban J connectivity index is 1.53. The van der Waals surface area contributed by atoms with E-state index in [1.807, 2.05) is 77.5 Å². The minimum absolute atomic E-state index is 0.547. The normalized spacial score (nSPS) is 16.8. The summed E-state index contributed by atoms with van der Waals surface area (Å²) in [5.41, 5.74) is 2.35. The van der Waals surface area contributed by atoms with Crippen molar-refractivity contribution in [2.24, 2.45) is 0 Å². The van der Waals surface area contributed by atoms with Crippen LogP contribution in [0.3, 0.4) is 0 Å². The molecule has 0 amide bonds. The molecule has 4 aromatic rings. The molecule has 0 radical (unpaired) electrons. The summed E-state index contributed by atoms with van der Waals surface area (Å²) in [6.45, 7) is 1.94. The van der Waals surface area contributed by atoms with Crippen molar-refractivity contribution in [3.05, 3.63) is 95.7 Å². The van der Waals surface area contributed by atoms with Gasteiger partial charge >= 0.3 is 0 Å². The van der Waals surface area contributed by atoms with E-state index in [0.717, 1.165) is 41.8 Å². The molecule has 1 atom stereocenters. The van der Waals surface area contributed by atoms with Gasteiger partial charge < -0.3 is 5.11 Å². The number of aliphatic hydroxyl groups is 1. The second-order valence-corrected chi connectivity index (χ2v) is 8.65. The molecule has 4 nitrogen and oxygen atoms in total. The summed E-state index contributed by atoms with van der Waals surface area (Å²) < 4.78 is 16.4. The summed E-state index contributed by atoms with van der Waals surface area (Å²) in [7, 11) is 0.